The Hall–Kier alpha value is -1.63. The van der Waals surface area contributed by atoms with Gasteiger partial charge < -0.3 is 20.3 Å². The lowest BCUT2D eigenvalue weighted by Crippen LogP contribution is -2.55. The van der Waals surface area contributed by atoms with Crippen LogP contribution in [-0.2, 0) is 27.4 Å². The highest BCUT2D eigenvalue weighted by molar-refractivity contribution is 5.85. The highest BCUT2D eigenvalue weighted by Crippen LogP contribution is 2.15. The molecule has 6 nitrogen and oxygen atoms in total. The molecule has 2 N–H and O–H groups in total. The number of carbonyl (C=O) groups excluding carboxylic acids is 2. The second-order valence-electron chi connectivity index (χ2n) is 6.46. The monoisotopic (exact) mass is 367 g/mol. The van der Waals surface area contributed by atoms with Gasteiger partial charge in [-0.2, -0.15) is 0 Å². The van der Waals surface area contributed by atoms with Crippen molar-refractivity contribution in [1.82, 2.24) is 15.5 Å². The molecule has 0 aliphatic carbocycles. The van der Waals surface area contributed by atoms with Crippen LogP contribution < -0.4 is 10.6 Å². The second kappa shape index (κ2) is 9.17. The van der Waals surface area contributed by atoms with Crippen LogP contribution in [-0.4, -0.2) is 48.6 Å². The van der Waals surface area contributed by atoms with Crippen LogP contribution in [0.3, 0.4) is 0 Å². The van der Waals surface area contributed by atoms with Crippen molar-refractivity contribution in [3.8, 4) is 0 Å². The number of hydrogen-bond acceptors (Lipinski definition) is 4. The summed E-state index contributed by atoms with van der Waals surface area (Å²) in [6, 6.07) is 7.77. The van der Waals surface area contributed by atoms with Gasteiger partial charge in [0.2, 0.25) is 11.8 Å². The van der Waals surface area contributed by atoms with Crippen LogP contribution in [0.15, 0.2) is 24.3 Å². The predicted molar refractivity (Wildman–Crippen MR) is 97.4 cm³/mol. The molecule has 2 aliphatic rings. The minimum Gasteiger partial charge on any atom is -0.375 e. The Bertz CT molecular complexity index is 594. The van der Waals surface area contributed by atoms with Crippen LogP contribution in [0.1, 0.15) is 30.9 Å². The van der Waals surface area contributed by atoms with Crippen LogP contribution in [0.5, 0.6) is 0 Å². The molecule has 1 aromatic rings. The average Bonchev–Trinajstić information content (AvgIpc) is 2.99. The Morgan fingerprint density at radius 3 is 2.68 bits per heavy atom. The van der Waals surface area contributed by atoms with Crippen LogP contribution in [0.4, 0.5) is 0 Å². The lowest BCUT2D eigenvalue weighted by atomic mass is 10.1. The summed E-state index contributed by atoms with van der Waals surface area (Å²) in [6.45, 7) is 5.27. The SMILES string of the molecule is C[C@H]1OCCN[C@@H]1C(=O)NCc1ccc(CN2CCCC2=O)cc1.Cl. The molecule has 0 aromatic heterocycles. The van der Waals surface area contributed by atoms with Gasteiger partial charge in [0.05, 0.1) is 12.7 Å². The Morgan fingerprint density at radius 1 is 1.32 bits per heavy atom. The topological polar surface area (TPSA) is 70.7 Å². The lowest BCUT2D eigenvalue weighted by Gasteiger charge is -2.29. The third-order valence-corrected chi connectivity index (χ3v) is 4.63. The zero-order valence-electron chi connectivity index (χ0n) is 14.5. The molecule has 1 aromatic carbocycles. The van der Waals surface area contributed by atoms with E-state index < -0.39 is 0 Å². The van der Waals surface area contributed by atoms with E-state index in [1.807, 2.05) is 36.1 Å². The minimum absolute atomic E-state index is 0. The summed E-state index contributed by atoms with van der Waals surface area (Å²) < 4.78 is 5.50. The van der Waals surface area contributed by atoms with Gasteiger partial charge in [-0.05, 0) is 24.5 Å². The van der Waals surface area contributed by atoms with Crippen molar-refractivity contribution in [3.63, 3.8) is 0 Å². The fraction of sp³-hybridized carbons (Fsp3) is 0.556. The number of ether oxygens (including phenoxy) is 1. The molecule has 0 radical (unpaired) electrons. The van der Waals surface area contributed by atoms with E-state index in [0.29, 0.717) is 32.7 Å². The summed E-state index contributed by atoms with van der Waals surface area (Å²) in [4.78, 5) is 25.8. The summed E-state index contributed by atoms with van der Waals surface area (Å²) in [5.74, 6) is 0.205. The van der Waals surface area contributed by atoms with Gasteiger partial charge in [-0.3, -0.25) is 9.59 Å². The zero-order valence-corrected chi connectivity index (χ0v) is 15.3. The fourth-order valence-corrected chi connectivity index (χ4v) is 3.18. The third kappa shape index (κ3) is 5.17. The third-order valence-electron chi connectivity index (χ3n) is 4.63. The molecular formula is C18H26ClN3O3. The zero-order chi connectivity index (χ0) is 16.9. The number of nitrogens with one attached hydrogen (secondary N) is 2. The Kier molecular flexibility index (Phi) is 7.23. The minimum atomic E-state index is -0.292. The molecule has 0 spiro atoms. The van der Waals surface area contributed by atoms with Crippen molar-refractivity contribution in [2.45, 2.75) is 45.0 Å². The van der Waals surface area contributed by atoms with Gasteiger partial charge >= 0.3 is 0 Å². The van der Waals surface area contributed by atoms with Crippen LogP contribution >= 0.6 is 12.4 Å². The first-order chi connectivity index (χ1) is 11.6. The van der Waals surface area contributed by atoms with Crippen molar-refractivity contribution in [2.75, 3.05) is 19.7 Å². The molecule has 7 heteroatoms. The number of nitrogens with zero attached hydrogens (tertiary/aromatic N) is 1. The number of amides is 2. The van der Waals surface area contributed by atoms with Crippen LogP contribution in [0, 0.1) is 0 Å². The van der Waals surface area contributed by atoms with Crippen molar-refractivity contribution in [3.05, 3.63) is 35.4 Å². The maximum atomic E-state index is 12.2. The highest BCUT2D eigenvalue weighted by Gasteiger charge is 2.27. The smallest absolute Gasteiger partial charge is 0.240 e. The summed E-state index contributed by atoms with van der Waals surface area (Å²) in [7, 11) is 0. The molecule has 2 amide bonds. The van der Waals surface area contributed by atoms with Gasteiger partial charge in [-0.15, -0.1) is 12.4 Å². The number of likely N-dealkylation sites (tertiary alicyclic amines) is 1. The summed E-state index contributed by atoms with van der Waals surface area (Å²) >= 11 is 0. The molecule has 0 unspecified atom stereocenters. The second-order valence-corrected chi connectivity index (χ2v) is 6.46. The molecule has 0 saturated carbocycles. The summed E-state index contributed by atoms with van der Waals surface area (Å²) in [5.41, 5.74) is 2.17. The molecule has 0 bridgehead atoms. The standard InChI is InChI=1S/C18H25N3O3.ClH/c1-13-17(19-8-10-24-13)18(23)20-11-14-4-6-15(7-5-14)12-21-9-2-3-16(21)22;/h4-7,13,17,19H,2-3,8-12H2,1H3,(H,20,23);1H/t13-,17+;/m1./s1. The van der Waals surface area contributed by atoms with Gasteiger partial charge in [-0.1, -0.05) is 24.3 Å². The number of halogens is 1. The summed E-state index contributed by atoms with van der Waals surface area (Å²) in [6.07, 6.45) is 1.51. The van der Waals surface area contributed by atoms with E-state index in [0.717, 1.165) is 24.1 Å². The van der Waals surface area contributed by atoms with E-state index in [1.165, 1.54) is 0 Å². The predicted octanol–water partition coefficient (Wildman–Crippen LogP) is 1.22. The number of carbonyl (C=O) groups is 2. The first-order valence-corrected chi connectivity index (χ1v) is 8.62. The van der Waals surface area contributed by atoms with E-state index in [1.54, 1.807) is 0 Å². The van der Waals surface area contributed by atoms with Gasteiger partial charge in [0.15, 0.2) is 0 Å². The van der Waals surface area contributed by atoms with E-state index in [4.69, 9.17) is 4.74 Å². The van der Waals surface area contributed by atoms with Gasteiger partial charge in [0.25, 0.3) is 0 Å². The lowest BCUT2D eigenvalue weighted by molar-refractivity contribution is -0.129. The van der Waals surface area contributed by atoms with Crippen molar-refractivity contribution in [1.29, 1.82) is 0 Å². The van der Waals surface area contributed by atoms with Gasteiger partial charge in [0, 0.05) is 32.6 Å². The Morgan fingerprint density at radius 2 is 2.04 bits per heavy atom. The van der Waals surface area contributed by atoms with Crippen LogP contribution in [0.25, 0.3) is 0 Å². The van der Waals surface area contributed by atoms with E-state index >= 15 is 0 Å². The van der Waals surface area contributed by atoms with Gasteiger partial charge in [0.1, 0.15) is 6.04 Å². The van der Waals surface area contributed by atoms with Crippen molar-refractivity contribution in [2.24, 2.45) is 0 Å². The van der Waals surface area contributed by atoms with E-state index in [-0.39, 0.29) is 36.4 Å². The maximum Gasteiger partial charge on any atom is 0.240 e. The Labute approximate surface area is 154 Å². The molecule has 2 heterocycles. The number of morpholine rings is 1. The highest BCUT2D eigenvalue weighted by atomic mass is 35.5. The summed E-state index contributed by atoms with van der Waals surface area (Å²) in [5, 5.41) is 6.14. The number of rotatable bonds is 5. The normalized spacial score (nSPS) is 23.2. The molecule has 2 saturated heterocycles. The first-order valence-electron chi connectivity index (χ1n) is 8.62. The first kappa shape index (κ1) is 19.7. The number of benzene rings is 1. The van der Waals surface area contributed by atoms with Gasteiger partial charge in [-0.25, -0.2) is 0 Å². The molecule has 2 atom stereocenters. The van der Waals surface area contributed by atoms with E-state index in [9.17, 15) is 9.59 Å². The molecule has 138 valence electrons. The Balaban J connectivity index is 0.00000225. The van der Waals surface area contributed by atoms with Crippen molar-refractivity contribution >= 4 is 24.2 Å². The van der Waals surface area contributed by atoms with Crippen LogP contribution in [0.2, 0.25) is 0 Å². The van der Waals surface area contributed by atoms with Crippen molar-refractivity contribution < 1.29 is 14.3 Å². The largest absolute Gasteiger partial charge is 0.375 e. The number of hydrogen-bond donors (Lipinski definition) is 2. The fourth-order valence-electron chi connectivity index (χ4n) is 3.18. The maximum absolute atomic E-state index is 12.2. The molecule has 2 aliphatic heterocycles. The molecule has 25 heavy (non-hydrogen) atoms. The van der Waals surface area contributed by atoms with E-state index in [2.05, 4.69) is 10.6 Å². The molecular weight excluding hydrogens is 342 g/mol. The quantitative estimate of drug-likeness (QED) is 0.821. The molecule has 2 fully saturated rings. The average molecular weight is 368 g/mol. The molecule has 3 rings (SSSR count).